The standard InChI is InChI=1S/C15H18BN5O5/c1-17-6-10-7-21(20-19-10)8-13(22)18-12-5-9-3-2-4-11(15(23)24)14(9)26-16(12)25/h2-4,7,12,17,25H,5-6,8H2,1H3,(H,18,22)(H,23,24)/t12-/m0/s1. The molecule has 4 N–H and O–H groups in total. The topological polar surface area (TPSA) is 139 Å². The Hall–Kier alpha value is -2.92. The number of benzene rings is 1. The summed E-state index contributed by atoms with van der Waals surface area (Å²) in [5, 5.41) is 32.7. The molecule has 0 saturated heterocycles. The van der Waals surface area contributed by atoms with Crippen molar-refractivity contribution in [3.8, 4) is 5.75 Å². The van der Waals surface area contributed by atoms with Crippen molar-refractivity contribution in [2.45, 2.75) is 25.5 Å². The number of carboxylic acids is 1. The van der Waals surface area contributed by atoms with E-state index in [9.17, 15) is 19.7 Å². The summed E-state index contributed by atoms with van der Waals surface area (Å²) < 4.78 is 6.74. The molecule has 136 valence electrons. The number of para-hydroxylation sites is 1. The van der Waals surface area contributed by atoms with Crippen LogP contribution in [0.5, 0.6) is 5.75 Å². The van der Waals surface area contributed by atoms with Crippen molar-refractivity contribution in [2.24, 2.45) is 0 Å². The van der Waals surface area contributed by atoms with Crippen LogP contribution in [-0.4, -0.2) is 57.1 Å². The highest BCUT2D eigenvalue weighted by atomic mass is 16.5. The molecule has 0 saturated carbocycles. The van der Waals surface area contributed by atoms with Crippen molar-refractivity contribution in [2.75, 3.05) is 7.05 Å². The van der Waals surface area contributed by atoms with Gasteiger partial charge in [0.1, 0.15) is 12.3 Å². The highest BCUT2D eigenvalue weighted by Gasteiger charge is 2.37. The minimum absolute atomic E-state index is 0.0222. The predicted octanol–water partition coefficient (Wildman–Crippen LogP) is -1.16. The summed E-state index contributed by atoms with van der Waals surface area (Å²) in [6.45, 7) is 0.488. The third-order valence-electron chi connectivity index (χ3n) is 3.95. The number of aromatic nitrogens is 3. The number of nitrogens with zero attached hydrogens (tertiary/aromatic N) is 3. The fraction of sp³-hybridized carbons (Fsp3) is 0.333. The van der Waals surface area contributed by atoms with E-state index in [-0.39, 0.29) is 30.2 Å². The Morgan fingerprint density at radius 1 is 1.46 bits per heavy atom. The first kappa shape index (κ1) is 17.9. The number of rotatable bonds is 6. The highest BCUT2D eigenvalue weighted by molar-refractivity contribution is 6.47. The van der Waals surface area contributed by atoms with Gasteiger partial charge in [-0.3, -0.25) is 4.79 Å². The van der Waals surface area contributed by atoms with Crippen LogP contribution >= 0.6 is 0 Å². The third kappa shape index (κ3) is 3.84. The number of fused-ring (bicyclic) bond motifs is 1. The van der Waals surface area contributed by atoms with Gasteiger partial charge in [0.05, 0.1) is 23.4 Å². The van der Waals surface area contributed by atoms with E-state index in [1.54, 1.807) is 25.4 Å². The molecule has 1 aliphatic rings. The fourth-order valence-corrected chi connectivity index (χ4v) is 2.79. The van der Waals surface area contributed by atoms with Crippen molar-refractivity contribution >= 4 is 19.0 Å². The molecular formula is C15H18BN5O5. The number of hydrogen-bond donors (Lipinski definition) is 4. The summed E-state index contributed by atoms with van der Waals surface area (Å²) in [6.07, 6.45) is 1.91. The lowest BCUT2D eigenvalue weighted by molar-refractivity contribution is -0.122. The van der Waals surface area contributed by atoms with E-state index in [4.69, 9.17) is 4.65 Å². The van der Waals surface area contributed by atoms with Crippen LogP contribution < -0.4 is 15.3 Å². The van der Waals surface area contributed by atoms with Gasteiger partial charge >= 0.3 is 13.1 Å². The van der Waals surface area contributed by atoms with Crippen molar-refractivity contribution in [3.63, 3.8) is 0 Å². The van der Waals surface area contributed by atoms with E-state index in [0.717, 1.165) is 0 Å². The first-order chi connectivity index (χ1) is 12.5. The van der Waals surface area contributed by atoms with E-state index in [2.05, 4.69) is 20.9 Å². The number of hydrogen-bond acceptors (Lipinski definition) is 7. The zero-order valence-electron chi connectivity index (χ0n) is 14.0. The van der Waals surface area contributed by atoms with Gasteiger partial charge in [0.2, 0.25) is 5.91 Å². The van der Waals surface area contributed by atoms with Gasteiger partial charge in [-0.2, -0.15) is 0 Å². The number of carboxylic acid groups (broad SMARTS) is 1. The summed E-state index contributed by atoms with van der Waals surface area (Å²) in [7, 11) is 0.437. The molecule has 11 heteroatoms. The molecule has 0 fully saturated rings. The molecule has 1 aliphatic heterocycles. The van der Waals surface area contributed by atoms with Crippen LogP contribution in [0.2, 0.25) is 0 Å². The molecule has 0 radical (unpaired) electrons. The van der Waals surface area contributed by atoms with Gasteiger partial charge in [-0.1, -0.05) is 17.3 Å². The van der Waals surface area contributed by atoms with Crippen molar-refractivity contribution < 1.29 is 24.4 Å². The van der Waals surface area contributed by atoms with Crippen LogP contribution in [0.1, 0.15) is 21.6 Å². The van der Waals surface area contributed by atoms with Gasteiger partial charge in [0, 0.05) is 6.54 Å². The van der Waals surface area contributed by atoms with Gasteiger partial charge in [-0.15, -0.1) is 5.10 Å². The second-order valence-electron chi connectivity index (χ2n) is 5.92. The van der Waals surface area contributed by atoms with Crippen molar-refractivity contribution in [3.05, 3.63) is 41.2 Å². The number of amides is 1. The Balaban J connectivity index is 1.66. The maximum absolute atomic E-state index is 12.2. The average Bonchev–Trinajstić information content (AvgIpc) is 3.02. The van der Waals surface area contributed by atoms with Crippen LogP contribution in [-0.2, 0) is 24.3 Å². The number of aromatic carboxylic acids is 1. The molecule has 0 bridgehead atoms. The third-order valence-corrected chi connectivity index (χ3v) is 3.95. The molecule has 0 unspecified atom stereocenters. The first-order valence-electron chi connectivity index (χ1n) is 8.01. The zero-order valence-corrected chi connectivity index (χ0v) is 14.0. The minimum atomic E-state index is -1.34. The Labute approximate surface area is 149 Å². The van der Waals surface area contributed by atoms with E-state index < -0.39 is 19.0 Å². The lowest BCUT2D eigenvalue weighted by Gasteiger charge is -2.28. The SMILES string of the molecule is CNCc1cn(CC(=O)N[C@H]2Cc3cccc(C(=O)O)c3OB2O)nn1. The Morgan fingerprint density at radius 2 is 2.27 bits per heavy atom. The van der Waals surface area contributed by atoms with Gasteiger partial charge in [0.15, 0.2) is 0 Å². The molecule has 26 heavy (non-hydrogen) atoms. The molecule has 1 atom stereocenters. The summed E-state index contributed by atoms with van der Waals surface area (Å²) >= 11 is 0. The lowest BCUT2D eigenvalue weighted by Crippen LogP contribution is -2.53. The highest BCUT2D eigenvalue weighted by Crippen LogP contribution is 2.30. The Morgan fingerprint density at radius 3 is 3.00 bits per heavy atom. The second-order valence-corrected chi connectivity index (χ2v) is 5.92. The van der Waals surface area contributed by atoms with E-state index >= 15 is 0 Å². The second kappa shape index (κ2) is 7.54. The lowest BCUT2D eigenvalue weighted by atomic mass is 9.72. The molecule has 0 spiro atoms. The number of carbonyl (C=O) groups is 2. The average molecular weight is 359 g/mol. The van der Waals surface area contributed by atoms with Crippen LogP contribution in [0.15, 0.2) is 24.4 Å². The maximum atomic E-state index is 12.2. The summed E-state index contributed by atoms with van der Waals surface area (Å²) in [5.74, 6) is -2.07. The summed E-state index contributed by atoms with van der Waals surface area (Å²) in [5.41, 5.74) is 1.29. The largest absolute Gasteiger partial charge is 0.547 e. The van der Waals surface area contributed by atoms with Crippen LogP contribution in [0.4, 0.5) is 0 Å². The number of nitrogens with one attached hydrogen (secondary N) is 2. The first-order valence-corrected chi connectivity index (χ1v) is 8.01. The molecule has 0 aliphatic carbocycles. The maximum Gasteiger partial charge on any atom is 0.547 e. The zero-order chi connectivity index (χ0) is 18.7. The van der Waals surface area contributed by atoms with E-state index in [1.165, 1.54) is 10.7 Å². The smallest absolute Gasteiger partial charge is 0.534 e. The Bertz CT molecular complexity index is 827. The van der Waals surface area contributed by atoms with Gasteiger partial charge in [-0.05, 0) is 25.1 Å². The van der Waals surface area contributed by atoms with E-state index in [1.807, 2.05) is 0 Å². The van der Waals surface area contributed by atoms with Crippen LogP contribution in [0.3, 0.4) is 0 Å². The summed E-state index contributed by atoms with van der Waals surface area (Å²) in [6, 6.07) is 4.70. The molecule has 2 aromatic rings. The van der Waals surface area contributed by atoms with Gasteiger partial charge in [-0.25, -0.2) is 9.48 Å². The van der Waals surface area contributed by atoms with E-state index in [0.29, 0.717) is 17.8 Å². The molecule has 2 heterocycles. The number of carbonyl (C=O) groups excluding carboxylic acids is 1. The molecule has 3 rings (SSSR count). The monoisotopic (exact) mass is 359 g/mol. The van der Waals surface area contributed by atoms with Crippen molar-refractivity contribution in [1.29, 1.82) is 0 Å². The fourth-order valence-electron chi connectivity index (χ4n) is 2.79. The molecule has 10 nitrogen and oxygen atoms in total. The van der Waals surface area contributed by atoms with Crippen LogP contribution in [0.25, 0.3) is 0 Å². The summed E-state index contributed by atoms with van der Waals surface area (Å²) in [4.78, 5) is 23.4. The minimum Gasteiger partial charge on any atom is -0.534 e. The molecular weight excluding hydrogens is 341 g/mol. The molecule has 1 aromatic heterocycles. The molecule has 1 aromatic carbocycles. The van der Waals surface area contributed by atoms with Crippen LogP contribution in [0, 0.1) is 0 Å². The predicted molar refractivity (Wildman–Crippen MR) is 90.4 cm³/mol. The Kier molecular flexibility index (Phi) is 5.19. The quantitative estimate of drug-likeness (QED) is 0.474. The normalized spacial score (nSPS) is 15.9. The van der Waals surface area contributed by atoms with Gasteiger partial charge in [0.25, 0.3) is 0 Å². The molecule has 1 amide bonds. The van der Waals surface area contributed by atoms with Crippen molar-refractivity contribution in [1.82, 2.24) is 25.6 Å². The van der Waals surface area contributed by atoms with Gasteiger partial charge < -0.3 is 25.4 Å².